The van der Waals surface area contributed by atoms with Crippen molar-refractivity contribution in [3.05, 3.63) is 94.4 Å². The zero-order valence-corrected chi connectivity index (χ0v) is 25.1. The van der Waals surface area contributed by atoms with Crippen LogP contribution in [-0.4, -0.2) is 48.5 Å². The van der Waals surface area contributed by atoms with E-state index in [1.807, 2.05) is 50.2 Å². The van der Waals surface area contributed by atoms with E-state index >= 15 is 0 Å². The zero-order chi connectivity index (χ0) is 31.9. The van der Waals surface area contributed by atoms with Gasteiger partial charge >= 0.3 is 6.18 Å². The molecule has 2 aliphatic rings. The predicted octanol–water partition coefficient (Wildman–Crippen LogP) is 6.81. The van der Waals surface area contributed by atoms with Crippen molar-refractivity contribution >= 4 is 35.2 Å². The molecule has 4 heterocycles. The fraction of sp³-hybridized carbons (Fsp3) is 0.281. The van der Waals surface area contributed by atoms with Crippen LogP contribution in [0.1, 0.15) is 54.7 Å². The number of aromatic nitrogens is 4. The molecule has 45 heavy (non-hydrogen) atoms. The molecular weight excluding hydrogens is 607 g/mol. The number of carbonyl (C=O) groups is 1. The van der Waals surface area contributed by atoms with Gasteiger partial charge in [0.05, 0.1) is 41.3 Å². The first-order valence-corrected chi connectivity index (χ1v) is 14.8. The number of fused-ring (bicyclic) bond motifs is 4. The quantitative estimate of drug-likeness (QED) is 0.256. The molecule has 2 aromatic heterocycles. The van der Waals surface area contributed by atoms with Crippen molar-refractivity contribution in [3.63, 3.8) is 0 Å². The first-order chi connectivity index (χ1) is 21.5. The minimum Gasteiger partial charge on any atom is -0.370 e. The van der Waals surface area contributed by atoms with Crippen molar-refractivity contribution < 1.29 is 23.1 Å². The van der Waals surface area contributed by atoms with Crippen molar-refractivity contribution in [2.45, 2.75) is 51.6 Å². The number of anilines is 1. The molecule has 0 saturated heterocycles. The maximum absolute atomic E-state index is 13.2. The third-order valence-corrected chi connectivity index (χ3v) is 8.20. The Bertz CT molecular complexity index is 1820. The lowest BCUT2D eigenvalue weighted by Gasteiger charge is -2.36. The lowest BCUT2D eigenvalue weighted by atomic mass is 9.93. The van der Waals surface area contributed by atoms with Crippen molar-refractivity contribution in [1.29, 1.82) is 0 Å². The largest absolute Gasteiger partial charge is 0.436 e. The Kier molecular flexibility index (Phi) is 8.19. The number of rotatable bonds is 3. The van der Waals surface area contributed by atoms with Gasteiger partial charge in [0.2, 0.25) is 5.91 Å². The smallest absolute Gasteiger partial charge is 0.370 e. The third kappa shape index (κ3) is 6.34. The summed E-state index contributed by atoms with van der Waals surface area (Å²) >= 11 is 6.27. The molecule has 9 nitrogen and oxygen atoms in total. The molecule has 4 aromatic rings. The number of carbonyl (C=O) groups excluding carboxylic acids is 1. The SMILES string of the molecule is Cc1ccc2c(n1)-c1cccc(c1)[C@@H](N1C=NC(c3cc(Cl)ccc3-n3cc(C(F)(F)F)nn3)=CC1O)CCC[C@@H](C)C(=O)N2. The fourth-order valence-corrected chi connectivity index (χ4v) is 5.75. The number of halogens is 4. The first-order valence-electron chi connectivity index (χ1n) is 14.4. The third-order valence-electron chi connectivity index (χ3n) is 7.97. The Morgan fingerprint density at radius 3 is 2.67 bits per heavy atom. The molecule has 0 aliphatic carbocycles. The molecule has 232 valence electrons. The van der Waals surface area contributed by atoms with Crippen LogP contribution >= 0.6 is 11.6 Å². The molecule has 3 atom stereocenters. The highest BCUT2D eigenvalue weighted by Crippen LogP contribution is 2.37. The second kappa shape index (κ2) is 12.1. The number of aliphatic imine (C=N–C) groups is 1. The minimum absolute atomic E-state index is 0.0885. The number of pyridine rings is 1. The van der Waals surface area contributed by atoms with Crippen molar-refractivity contribution in [3.8, 4) is 16.9 Å². The van der Waals surface area contributed by atoms with Gasteiger partial charge in [0.1, 0.15) is 6.23 Å². The molecule has 2 bridgehead atoms. The van der Waals surface area contributed by atoms with Crippen LogP contribution < -0.4 is 5.32 Å². The normalized spacial score (nSPS) is 20.5. The maximum Gasteiger partial charge on any atom is 0.436 e. The molecule has 0 fully saturated rings. The van der Waals surface area contributed by atoms with E-state index in [-0.39, 0.29) is 23.6 Å². The molecule has 2 aliphatic heterocycles. The number of aryl methyl sites for hydroxylation is 1. The van der Waals surface area contributed by atoms with E-state index in [2.05, 4.69) is 20.6 Å². The molecule has 6 rings (SSSR count). The summed E-state index contributed by atoms with van der Waals surface area (Å²) in [7, 11) is 0. The highest BCUT2D eigenvalue weighted by Gasteiger charge is 2.35. The molecule has 0 radical (unpaired) electrons. The maximum atomic E-state index is 13.2. The Morgan fingerprint density at radius 1 is 1.09 bits per heavy atom. The van der Waals surface area contributed by atoms with E-state index < -0.39 is 18.1 Å². The van der Waals surface area contributed by atoms with Gasteiger partial charge in [-0.2, -0.15) is 13.2 Å². The summed E-state index contributed by atoms with van der Waals surface area (Å²) in [5.74, 6) is -0.339. The van der Waals surface area contributed by atoms with Gasteiger partial charge in [-0.05, 0) is 67.8 Å². The average Bonchev–Trinajstić information content (AvgIpc) is 3.51. The number of alkyl halides is 3. The molecule has 0 spiro atoms. The Hall–Kier alpha value is -4.55. The lowest BCUT2D eigenvalue weighted by Crippen LogP contribution is -2.38. The Labute approximate surface area is 262 Å². The monoisotopic (exact) mass is 635 g/mol. The minimum atomic E-state index is -4.66. The van der Waals surface area contributed by atoms with Crippen LogP contribution in [0.15, 0.2) is 71.9 Å². The van der Waals surface area contributed by atoms with Gasteiger partial charge < -0.3 is 15.3 Å². The van der Waals surface area contributed by atoms with E-state index in [9.17, 15) is 23.1 Å². The van der Waals surface area contributed by atoms with Gasteiger partial charge in [0.25, 0.3) is 0 Å². The molecule has 0 saturated carbocycles. The molecular formula is C32H29ClF3N7O2. The number of aliphatic hydroxyl groups excluding tert-OH is 1. The van der Waals surface area contributed by atoms with E-state index in [4.69, 9.17) is 16.6 Å². The van der Waals surface area contributed by atoms with Crippen LogP contribution in [0.2, 0.25) is 5.02 Å². The van der Waals surface area contributed by atoms with Crippen molar-refractivity contribution in [2.24, 2.45) is 10.9 Å². The summed E-state index contributed by atoms with van der Waals surface area (Å²) in [4.78, 5) is 24.1. The summed E-state index contributed by atoms with van der Waals surface area (Å²) in [5.41, 5.74) is 3.64. The van der Waals surface area contributed by atoms with Crippen LogP contribution in [-0.2, 0) is 11.0 Å². The van der Waals surface area contributed by atoms with Crippen LogP contribution in [0.5, 0.6) is 0 Å². The highest BCUT2D eigenvalue weighted by molar-refractivity contribution is 6.30. The van der Waals surface area contributed by atoms with E-state index in [0.29, 0.717) is 46.9 Å². The Morgan fingerprint density at radius 2 is 1.91 bits per heavy atom. The van der Waals surface area contributed by atoms with E-state index in [1.165, 1.54) is 24.5 Å². The summed E-state index contributed by atoms with van der Waals surface area (Å²) in [5, 5.41) is 21.8. The van der Waals surface area contributed by atoms with Crippen LogP contribution in [0, 0.1) is 12.8 Å². The zero-order valence-electron chi connectivity index (χ0n) is 24.3. The number of hydrogen-bond acceptors (Lipinski definition) is 7. The number of benzene rings is 2. The topological polar surface area (TPSA) is 109 Å². The van der Waals surface area contributed by atoms with Gasteiger partial charge in [-0.1, -0.05) is 48.4 Å². The van der Waals surface area contributed by atoms with Gasteiger partial charge in [0, 0.05) is 27.8 Å². The van der Waals surface area contributed by atoms with E-state index in [1.54, 1.807) is 11.0 Å². The summed E-state index contributed by atoms with van der Waals surface area (Å²) in [6.45, 7) is 3.78. The number of aliphatic hydroxyl groups is 1. The van der Waals surface area contributed by atoms with Crippen LogP contribution in [0.4, 0.5) is 18.9 Å². The molecule has 1 unspecified atom stereocenters. The summed E-state index contributed by atoms with van der Waals surface area (Å²) in [6, 6.07) is 15.8. The molecule has 1 amide bonds. The Balaban J connectivity index is 1.36. The van der Waals surface area contributed by atoms with Gasteiger partial charge in [-0.15, -0.1) is 5.10 Å². The van der Waals surface area contributed by atoms with Gasteiger partial charge in [-0.25, -0.2) is 9.67 Å². The van der Waals surface area contributed by atoms with Gasteiger partial charge in [0.15, 0.2) is 5.69 Å². The summed E-state index contributed by atoms with van der Waals surface area (Å²) in [6.07, 6.45) is -0.0199. The number of nitrogens with zero attached hydrogens (tertiary/aromatic N) is 6. The molecule has 13 heteroatoms. The van der Waals surface area contributed by atoms with E-state index in [0.717, 1.165) is 27.7 Å². The lowest BCUT2D eigenvalue weighted by molar-refractivity contribution is -0.141. The van der Waals surface area contributed by atoms with Crippen LogP contribution in [0.3, 0.4) is 0 Å². The number of amides is 1. The predicted molar refractivity (Wildman–Crippen MR) is 164 cm³/mol. The molecule has 2 aromatic carbocycles. The number of nitrogens with one attached hydrogen (secondary N) is 1. The second-order valence-corrected chi connectivity index (χ2v) is 11.6. The summed E-state index contributed by atoms with van der Waals surface area (Å²) < 4.78 is 40.7. The van der Waals surface area contributed by atoms with Gasteiger partial charge in [-0.3, -0.25) is 9.78 Å². The van der Waals surface area contributed by atoms with Crippen molar-refractivity contribution in [1.82, 2.24) is 24.9 Å². The fourth-order valence-electron chi connectivity index (χ4n) is 5.58. The first kappa shape index (κ1) is 30.5. The second-order valence-electron chi connectivity index (χ2n) is 11.2. The standard InChI is InChI=1S/C32H29ClF3N7O2/c1-18-5-3-8-26(20-6-4-7-21(13-20)30-24(39-31(18)45)11-9-19(2)38-30)42-17-37-25(15-29(42)44)23-14-22(33)10-12-27(23)43-16-28(40-41-43)32(34,35)36/h4,6-7,9-18,26,29,44H,3,5,8H2,1-2H3,(H,39,45)/t18-,26+,29?/m1/s1. The number of hydrogen-bond donors (Lipinski definition) is 2. The average molecular weight is 636 g/mol. The molecule has 2 N–H and O–H groups in total. The highest BCUT2D eigenvalue weighted by atomic mass is 35.5. The van der Waals surface area contributed by atoms with Crippen molar-refractivity contribution in [2.75, 3.05) is 5.32 Å². The van der Waals surface area contributed by atoms with Crippen LogP contribution in [0.25, 0.3) is 22.6 Å².